The molecule has 7 nitrogen and oxygen atoms in total. The van der Waals surface area contributed by atoms with Gasteiger partial charge in [0, 0.05) is 12.2 Å². The highest BCUT2D eigenvalue weighted by Gasteiger charge is 2.30. The van der Waals surface area contributed by atoms with Gasteiger partial charge < -0.3 is 24.4 Å². The van der Waals surface area contributed by atoms with E-state index in [4.69, 9.17) is 14.2 Å². The molecule has 1 atom stereocenters. The van der Waals surface area contributed by atoms with Crippen LogP contribution in [-0.2, 0) is 9.59 Å². The average Bonchev–Trinajstić information content (AvgIpc) is 2.69. The standard InChI is InChI=1S/C21H24N2O5/c1-4-23-18-12-15(6-11-19(18)28-14(3)21(23)25)22-20(24)13-27-17-9-7-16(8-10-17)26-5-2/h6-12,14H,4-5,13H2,1-3H3,(H,22,24). The van der Waals surface area contributed by atoms with Gasteiger partial charge in [-0.25, -0.2) is 0 Å². The molecule has 0 aliphatic carbocycles. The van der Waals surface area contributed by atoms with Crippen molar-refractivity contribution in [2.24, 2.45) is 0 Å². The molecule has 0 bridgehead atoms. The van der Waals surface area contributed by atoms with Gasteiger partial charge in [0.25, 0.3) is 11.8 Å². The third-order valence-corrected chi connectivity index (χ3v) is 4.27. The van der Waals surface area contributed by atoms with Crippen LogP contribution in [-0.4, -0.2) is 37.7 Å². The van der Waals surface area contributed by atoms with E-state index in [0.29, 0.717) is 36.0 Å². The molecular weight excluding hydrogens is 360 g/mol. The molecule has 2 aromatic carbocycles. The van der Waals surface area contributed by atoms with Crippen LogP contribution in [0.25, 0.3) is 0 Å². The number of amides is 2. The molecule has 148 valence electrons. The fourth-order valence-corrected chi connectivity index (χ4v) is 2.96. The van der Waals surface area contributed by atoms with Crippen LogP contribution in [0.1, 0.15) is 20.8 Å². The molecule has 2 aromatic rings. The summed E-state index contributed by atoms with van der Waals surface area (Å²) in [4.78, 5) is 26.1. The Kier molecular flexibility index (Phi) is 6.03. The lowest BCUT2D eigenvalue weighted by molar-refractivity contribution is -0.125. The second-order valence-corrected chi connectivity index (χ2v) is 6.27. The SMILES string of the molecule is CCOc1ccc(OCC(=O)Nc2ccc3c(c2)N(CC)C(=O)C(C)O3)cc1. The van der Waals surface area contributed by atoms with Gasteiger partial charge >= 0.3 is 0 Å². The average molecular weight is 384 g/mol. The number of hydrogen-bond donors (Lipinski definition) is 1. The van der Waals surface area contributed by atoms with E-state index in [9.17, 15) is 9.59 Å². The maximum absolute atomic E-state index is 12.3. The number of benzene rings is 2. The van der Waals surface area contributed by atoms with E-state index in [-0.39, 0.29) is 18.4 Å². The lowest BCUT2D eigenvalue weighted by atomic mass is 10.1. The first-order valence-electron chi connectivity index (χ1n) is 9.29. The Morgan fingerprint density at radius 2 is 1.79 bits per heavy atom. The number of rotatable bonds is 7. The van der Waals surface area contributed by atoms with Crippen molar-refractivity contribution in [3.63, 3.8) is 0 Å². The van der Waals surface area contributed by atoms with Crippen LogP contribution in [0.4, 0.5) is 11.4 Å². The first-order valence-corrected chi connectivity index (χ1v) is 9.29. The highest BCUT2D eigenvalue weighted by Crippen LogP contribution is 2.36. The van der Waals surface area contributed by atoms with Gasteiger partial charge in [0.1, 0.15) is 17.2 Å². The summed E-state index contributed by atoms with van der Waals surface area (Å²) in [6.45, 7) is 6.52. The van der Waals surface area contributed by atoms with Crippen molar-refractivity contribution in [3.05, 3.63) is 42.5 Å². The van der Waals surface area contributed by atoms with E-state index in [1.807, 2.05) is 13.8 Å². The van der Waals surface area contributed by atoms with Crippen molar-refractivity contribution in [1.82, 2.24) is 0 Å². The number of fused-ring (bicyclic) bond motifs is 1. The number of nitrogens with one attached hydrogen (secondary N) is 1. The minimum atomic E-state index is -0.518. The summed E-state index contributed by atoms with van der Waals surface area (Å²) in [5, 5.41) is 2.78. The molecule has 0 saturated heterocycles. The van der Waals surface area contributed by atoms with Crippen LogP contribution in [0.15, 0.2) is 42.5 Å². The molecule has 1 N–H and O–H groups in total. The summed E-state index contributed by atoms with van der Waals surface area (Å²) < 4.78 is 16.5. The Labute approximate surface area is 164 Å². The molecule has 28 heavy (non-hydrogen) atoms. The van der Waals surface area contributed by atoms with Crippen molar-refractivity contribution in [3.8, 4) is 17.2 Å². The summed E-state index contributed by atoms with van der Waals surface area (Å²) in [6.07, 6.45) is -0.518. The smallest absolute Gasteiger partial charge is 0.267 e. The largest absolute Gasteiger partial charge is 0.494 e. The predicted octanol–water partition coefficient (Wildman–Crippen LogP) is 3.24. The maximum atomic E-state index is 12.3. The van der Waals surface area contributed by atoms with Gasteiger partial charge in [0.15, 0.2) is 12.7 Å². The number of hydrogen-bond acceptors (Lipinski definition) is 5. The van der Waals surface area contributed by atoms with Gasteiger partial charge in [0.2, 0.25) is 0 Å². The van der Waals surface area contributed by atoms with Crippen LogP contribution >= 0.6 is 0 Å². The third kappa shape index (κ3) is 4.36. The predicted molar refractivity (Wildman–Crippen MR) is 106 cm³/mol. The summed E-state index contributed by atoms with van der Waals surface area (Å²) in [5.74, 6) is 1.55. The monoisotopic (exact) mass is 384 g/mol. The molecule has 1 heterocycles. The second kappa shape index (κ2) is 8.65. The molecule has 3 rings (SSSR count). The quantitative estimate of drug-likeness (QED) is 0.793. The van der Waals surface area contributed by atoms with Crippen LogP contribution in [0.5, 0.6) is 17.2 Å². The number of anilines is 2. The fraction of sp³-hybridized carbons (Fsp3) is 0.333. The molecule has 0 spiro atoms. The first-order chi connectivity index (χ1) is 13.5. The molecule has 1 aliphatic rings. The number of carbonyl (C=O) groups excluding carboxylic acids is 2. The third-order valence-electron chi connectivity index (χ3n) is 4.27. The van der Waals surface area contributed by atoms with Gasteiger partial charge in [-0.3, -0.25) is 9.59 Å². The zero-order chi connectivity index (χ0) is 20.1. The minimum Gasteiger partial charge on any atom is -0.494 e. The summed E-state index contributed by atoms with van der Waals surface area (Å²) in [6, 6.07) is 12.3. The normalized spacial score (nSPS) is 15.5. The second-order valence-electron chi connectivity index (χ2n) is 6.27. The molecular formula is C21H24N2O5. The van der Waals surface area contributed by atoms with Crippen molar-refractivity contribution in [1.29, 1.82) is 0 Å². The molecule has 0 fully saturated rings. The van der Waals surface area contributed by atoms with Crippen molar-refractivity contribution in [2.75, 3.05) is 30.0 Å². The lowest BCUT2D eigenvalue weighted by Gasteiger charge is -2.32. The fourth-order valence-electron chi connectivity index (χ4n) is 2.96. The minimum absolute atomic E-state index is 0.0997. The highest BCUT2D eigenvalue weighted by molar-refractivity contribution is 6.01. The summed E-state index contributed by atoms with van der Waals surface area (Å²) in [7, 11) is 0. The van der Waals surface area contributed by atoms with E-state index in [0.717, 1.165) is 5.75 Å². The Bertz CT molecular complexity index is 850. The summed E-state index contributed by atoms with van der Waals surface area (Å²) >= 11 is 0. The van der Waals surface area contributed by atoms with Gasteiger partial charge in [-0.05, 0) is 63.2 Å². The van der Waals surface area contributed by atoms with Crippen LogP contribution in [0.3, 0.4) is 0 Å². The molecule has 0 saturated carbocycles. The van der Waals surface area contributed by atoms with E-state index in [1.54, 1.807) is 54.3 Å². The van der Waals surface area contributed by atoms with E-state index < -0.39 is 6.10 Å². The molecule has 1 aliphatic heterocycles. The molecule has 2 amide bonds. The number of carbonyl (C=O) groups is 2. The molecule has 1 unspecified atom stereocenters. The van der Waals surface area contributed by atoms with E-state index >= 15 is 0 Å². The topological polar surface area (TPSA) is 77.1 Å². The van der Waals surface area contributed by atoms with Gasteiger partial charge in [-0.2, -0.15) is 0 Å². The maximum Gasteiger partial charge on any atom is 0.267 e. The van der Waals surface area contributed by atoms with Crippen LogP contribution < -0.4 is 24.4 Å². The zero-order valence-corrected chi connectivity index (χ0v) is 16.2. The zero-order valence-electron chi connectivity index (χ0n) is 16.2. The number of likely N-dealkylation sites (N-methyl/N-ethyl adjacent to an activating group) is 1. The first kappa shape index (κ1) is 19.5. The van der Waals surface area contributed by atoms with Gasteiger partial charge in [0.05, 0.1) is 12.3 Å². The Hall–Kier alpha value is -3.22. The summed E-state index contributed by atoms with van der Waals surface area (Å²) in [5.41, 5.74) is 1.22. The Balaban J connectivity index is 1.61. The Morgan fingerprint density at radius 3 is 2.43 bits per heavy atom. The van der Waals surface area contributed by atoms with Gasteiger partial charge in [-0.15, -0.1) is 0 Å². The number of nitrogens with zero attached hydrogens (tertiary/aromatic N) is 1. The van der Waals surface area contributed by atoms with Crippen LogP contribution in [0, 0.1) is 0 Å². The molecule has 0 aromatic heterocycles. The van der Waals surface area contributed by atoms with Crippen molar-refractivity contribution >= 4 is 23.2 Å². The van der Waals surface area contributed by atoms with Gasteiger partial charge in [-0.1, -0.05) is 0 Å². The Morgan fingerprint density at radius 1 is 1.11 bits per heavy atom. The van der Waals surface area contributed by atoms with Crippen molar-refractivity contribution < 1.29 is 23.8 Å². The number of ether oxygens (including phenoxy) is 3. The van der Waals surface area contributed by atoms with E-state index in [2.05, 4.69) is 5.32 Å². The highest BCUT2D eigenvalue weighted by atomic mass is 16.5. The van der Waals surface area contributed by atoms with Crippen LogP contribution in [0.2, 0.25) is 0 Å². The molecule has 0 radical (unpaired) electrons. The van der Waals surface area contributed by atoms with E-state index in [1.165, 1.54) is 0 Å². The van der Waals surface area contributed by atoms with Crippen molar-refractivity contribution in [2.45, 2.75) is 26.9 Å². The molecule has 7 heteroatoms. The lowest BCUT2D eigenvalue weighted by Crippen LogP contribution is -2.44.